The monoisotopic (exact) mass is 150 g/mol. The van der Waals surface area contributed by atoms with Crippen LogP contribution in [0.2, 0.25) is 0 Å². The molecule has 0 amide bonds. The van der Waals surface area contributed by atoms with Crippen LogP contribution in [0.1, 0.15) is 0 Å². The molecule has 2 heteroatoms. The van der Waals surface area contributed by atoms with Crippen molar-refractivity contribution < 1.29 is 9.47 Å². The van der Waals surface area contributed by atoms with Gasteiger partial charge >= 0.3 is 0 Å². The maximum atomic E-state index is 5.36. The first-order valence-corrected chi connectivity index (χ1v) is 3.66. The first-order valence-electron chi connectivity index (χ1n) is 3.66. The second kappa shape index (κ2) is 2.55. The van der Waals surface area contributed by atoms with E-state index < -0.39 is 0 Å². The predicted molar refractivity (Wildman–Crippen MR) is 42.1 cm³/mol. The molecule has 0 bridgehead atoms. The SMILES string of the molecule is C=C1COCC2=C1C=CCO2. The number of rotatable bonds is 0. The van der Waals surface area contributed by atoms with Crippen molar-refractivity contribution in [1.82, 2.24) is 0 Å². The molecule has 2 aliphatic rings. The normalized spacial score (nSPS) is 23.1. The van der Waals surface area contributed by atoms with Crippen molar-refractivity contribution in [3.8, 4) is 0 Å². The molecule has 2 aliphatic heterocycles. The van der Waals surface area contributed by atoms with Crippen LogP contribution in [0.5, 0.6) is 0 Å². The Morgan fingerprint density at radius 1 is 1.36 bits per heavy atom. The maximum absolute atomic E-state index is 5.36. The molecule has 0 aliphatic carbocycles. The van der Waals surface area contributed by atoms with Crippen LogP contribution in [0.15, 0.2) is 35.6 Å². The van der Waals surface area contributed by atoms with Gasteiger partial charge in [-0.3, -0.25) is 0 Å². The molecule has 0 aromatic carbocycles. The topological polar surface area (TPSA) is 18.5 Å². The minimum absolute atomic E-state index is 0.596. The van der Waals surface area contributed by atoms with Gasteiger partial charge in [0, 0.05) is 5.57 Å². The van der Waals surface area contributed by atoms with Crippen molar-refractivity contribution in [3.05, 3.63) is 35.6 Å². The average molecular weight is 150 g/mol. The summed E-state index contributed by atoms with van der Waals surface area (Å²) in [5, 5.41) is 0. The number of hydrogen-bond acceptors (Lipinski definition) is 2. The first kappa shape index (κ1) is 6.68. The van der Waals surface area contributed by atoms with E-state index in [1.165, 1.54) is 0 Å². The van der Waals surface area contributed by atoms with Crippen molar-refractivity contribution in [2.75, 3.05) is 19.8 Å². The molecule has 11 heavy (non-hydrogen) atoms. The average Bonchev–Trinajstić information content (AvgIpc) is 2.06. The Morgan fingerprint density at radius 2 is 2.27 bits per heavy atom. The largest absolute Gasteiger partial charge is 0.491 e. The van der Waals surface area contributed by atoms with Gasteiger partial charge in [-0.15, -0.1) is 0 Å². The van der Waals surface area contributed by atoms with Gasteiger partial charge in [-0.1, -0.05) is 12.7 Å². The summed E-state index contributed by atoms with van der Waals surface area (Å²) in [6, 6.07) is 0. The molecule has 0 N–H and O–H groups in total. The molecule has 0 aromatic heterocycles. The lowest BCUT2D eigenvalue weighted by Crippen LogP contribution is -2.17. The molecule has 0 saturated carbocycles. The van der Waals surface area contributed by atoms with Crippen LogP contribution in [-0.2, 0) is 9.47 Å². The molecule has 0 spiro atoms. The third-order valence-electron chi connectivity index (χ3n) is 1.83. The number of hydrogen-bond donors (Lipinski definition) is 0. The summed E-state index contributed by atoms with van der Waals surface area (Å²) in [6.07, 6.45) is 4.05. The second-order valence-corrected chi connectivity index (χ2v) is 2.65. The van der Waals surface area contributed by atoms with Gasteiger partial charge in [-0.05, 0) is 11.6 Å². The fourth-order valence-electron chi connectivity index (χ4n) is 1.26. The molecule has 0 radical (unpaired) electrons. The lowest BCUT2D eigenvalue weighted by Gasteiger charge is -2.23. The highest BCUT2D eigenvalue weighted by molar-refractivity contribution is 5.43. The third kappa shape index (κ3) is 1.10. The van der Waals surface area contributed by atoms with Crippen molar-refractivity contribution in [2.45, 2.75) is 0 Å². The van der Waals surface area contributed by atoms with Crippen LogP contribution in [0.4, 0.5) is 0 Å². The van der Waals surface area contributed by atoms with Gasteiger partial charge in [-0.2, -0.15) is 0 Å². The van der Waals surface area contributed by atoms with Gasteiger partial charge < -0.3 is 9.47 Å². The molecule has 2 heterocycles. The van der Waals surface area contributed by atoms with Gasteiger partial charge in [0.15, 0.2) is 0 Å². The Hall–Kier alpha value is -1.02. The van der Waals surface area contributed by atoms with Crippen LogP contribution in [-0.4, -0.2) is 19.8 Å². The molecule has 2 rings (SSSR count). The summed E-state index contributed by atoms with van der Waals surface area (Å²) >= 11 is 0. The van der Waals surface area contributed by atoms with Gasteiger partial charge in [0.05, 0.1) is 6.61 Å². The summed E-state index contributed by atoms with van der Waals surface area (Å²) in [5.74, 6) is 0.934. The first-order chi connectivity index (χ1) is 5.38. The van der Waals surface area contributed by atoms with E-state index >= 15 is 0 Å². The molecular weight excluding hydrogens is 140 g/mol. The van der Waals surface area contributed by atoms with Crippen molar-refractivity contribution in [1.29, 1.82) is 0 Å². The molecule has 0 saturated heterocycles. The Labute approximate surface area is 65.8 Å². The zero-order valence-corrected chi connectivity index (χ0v) is 6.30. The van der Waals surface area contributed by atoms with E-state index in [4.69, 9.17) is 9.47 Å². The molecule has 0 atom stereocenters. The summed E-state index contributed by atoms with van der Waals surface area (Å²) in [7, 11) is 0. The van der Waals surface area contributed by atoms with E-state index in [-0.39, 0.29) is 0 Å². The van der Waals surface area contributed by atoms with E-state index in [1.807, 2.05) is 6.08 Å². The quantitative estimate of drug-likeness (QED) is 0.520. The zero-order valence-electron chi connectivity index (χ0n) is 6.30. The zero-order chi connectivity index (χ0) is 7.68. The minimum Gasteiger partial charge on any atom is -0.491 e. The molecule has 58 valence electrons. The Bertz CT molecular complexity index is 248. The summed E-state index contributed by atoms with van der Waals surface area (Å²) in [5.41, 5.74) is 2.14. The maximum Gasteiger partial charge on any atom is 0.130 e. The predicted octanol–water partition coefficient (Wildman–Crippen LogP) is 1.41. The smallest absolute Gasteiger partial charge is 0.130 e. The highest BCUT2D eigenvalue weighted by Crippen LogP contribution is 2.24. The van der Waals surface area contributed by atoms with Crippen LogP contribution in [0.3, 0.4) is 0 Å². The molecule has 0 fully saturated rings. The van der Waals surface area contributed by atoms with Crippen molar-refractivity contribution in [2.24, 2.45) is 0 Å². The molecule has 0 aromatic rings. The van der Waals surface area contributed by atoms with E-state index in [9.17, 15) is 0 Å². The minimum atomic E-state index is 0.596. The fraction of sp³-hybridized carbons (Fsp3) is 0.333. The van der Waals surface area contributed by atoms with Gasteiger partial charge in [-0.25, -0.2) is 0 Å². The lowest BCUT2D eigenvalue weighted by molar-refractivity contribution is 0.106. The Morgan fingerprint density at radius 3 is 3.09 bits per heavy atom. The standard InChI is InChI=1S/C9H10O2/c1-7-5-10-6-9-8(7)3-2-4-11-9/h2-3H,1,4-6H2. The van der Waals surface area contributed by atoms with E-state index in [0.717, 1.165) is 16.9 Å². The van der Waals surface area contributed by atoms with E-state index in [2.05, 4.69) is 12.7 Å². The van der Waals surface area contributed by atoms with Gasteiger partial charge in [0.2, 0.25) is 0 Å². The Balaban J connectivity index is 2.35. The second-order valence-electron chi connectivity index (χ2n) is 2.65. The third-order valence-corrected chi connectivity index (χ3v) is 1.83. The highest BCUT2D eigenvalue weighted by atomic mass is 16.5. The van der Waals surface area contributed by atoms with Crippen LogP contribution < -0.4 is 0 Å². The lowest BCUT2D eigenvalue weighted by atomic mass is 10.0. The van der Waals surface area contributed by atoms with Gasteiger partial charge in [0.25, 0.3) is 0 Å². The summed E-state index contributed by atoms with van der Waals surface area (Å²) in [4.78, 5) is 0. The number of ether oxygens (including phenoxy) is 2. The van der Waals surface area contributed by atoms with Crippen molar-refractivity contribution in [3.63, 3.8) is 0 Å². The van der Waals surface area contributed by atoms with Crippen LogP contribution >= 0.6 is 0 Å². The Kier molecular flexibility index (Phi) is 1.55. The highest BCUT2D eigenvalue weighted by Gasteiger charge is 2.17. The van der Waals surface area contributed by atoms with E-state index in [0.29, 0.717) is 19.8 Å². The van der Waals surface area contributed by atoms with Crippen molar-refractivity contribution >= 4 is 0 Å². The fourth-order valence-corrected chi connectivity index (χ4v) is 1.26. The molecule has 2 nitrogen and oxygen atoms in total. The molecule has 0 unspecified atom stereocenters. The van der Waals surface area contributed by atoms with Crippen LogP contribution in [0, 0.1) is 0 Å². The van der Waals surface area contributed by atoms with Crippen LogP contribution in [0.25, 0.3) is 0 Å². The van der Waals surface area contributed by atoms with Gasteiger partial charge in [0.1, 0.15) is 19.0 Å². The van der Waals surface area contributed by atoms with E-state index in [1.54, 1.807) is 0 Å². The summed E-state index contributed by atoms with van der Waals surface area (Å²) in [6.45, 7) is 5.77. The molecular formula is C9H10O2. The number of allylic oxidation sites excluding steroid dienone is 1. The summed E-state index contributed by atoms with van der Waals surface area (Å²) < 4.78 is 10.6.